The van der Waals surface area contributed by atoms with Crippen LogP contribution in [0.5, 0.6) is 0 Å². The van der Waals surface area contributed by atoms with Crippen LogP contribution < -0.4 is 16.2 Å². The van der Waals surface area contributed by atoms with Gasteiger partial charge in [-0.25, -0.2) is 4.39 Å². The molecule has 6 nitrogen and oxygen atoms in total. The van der Waals surface area contributed by atoms with E-state index in [-0.39, 0.29) is 29.6 Å². The van der Waals surface area contributed by atoms with Crippen LogP contribution in [0, 0.1) is 11.7 Å². The molecule has 0 aromatic carbocycles. The van der Waals surface area contributed by atoms with Crippen LogP contribution in [0.2, 0.25) is 0 Å². The molecular formula is C18H19FN4O2. The van der Waals surface area contributed by atoms with Crippen LogP contribution in [-0.4, -0.2) is 35.1 Å². The maximum absolute atomic E-state index is 13.7. The van der Waals surface area contributed by atoms with Crippen LogP contribution in [0.25, 0.3) is 0 Å². The highest BCUT2D eigenvalue weighted by Gasteiger charge is 2.37. The summed E-state index contributed by atoms with van der Waals surface area (Å²) in [5.74, 6) is -0.567. The Labute approximate surface area is 144 Å². The number of halogens is 1. The Kier molecular flexibility index (Phi) is 4.09. The molecule has 0 radical (unpaired) electrons. The molecule has 1 fully saturated rings. The summed E-state index contributed by atoms with van der Waals surface area (Å²) in [4.78, 5) is 28.4. The molecule has 0 spiro atoms. The van der Waals surface area contributed by atoms with Crippen LogP contribution >= 0.6 is 0 Å². The van der Waals surface area contributed by atoms with Crippen LogP contribution in [-0.2, 0) is 0 Å². The average molecular weight is 342 g/mol. The number of nitrogens with one attached hydrogen (secondary N) is 2. The van der Waals surface area contributed by atoms with Gasteiger partial charge in [-0.1, -0.05) is 6.07 Å². The second kappa shape index (κ2) is 6.40. The van der Waals surface area contributed by atoms with Crippen molar-refractivity contribution in [3.05, 3.63) is 64.1 Å². The second-order valence-electron chi connectivity index (χ2n) is 6.64. The molecule has 0 saturated carbocycles. The third-order valence-electron chi connectivity index (χ3n) is 5.19. The van der Waals surface area contributed by atoms with E-state index in [1.54, 1.807) is 12.1 Å². The molecule has 1 amide bonds. The predicted molar refractivity (Wildman–Crippen MR) is 90.0 cm³/mol. The summed E-state index contributed by atoms with van der Waals surface area (Å²) >= 11 is 0. The van der Waals surface area contributed by atoms with Crippen molar-refractivity contribution in [2.45, 2.75) is 18.4 Å². The molecule has 1 saturated heterocycles. The van der Waals surface area contributed by atoms with Gasteiger partial charge in [0, 0.05) is 43.5 Å². The van der Waals surface area contributed by atoms with Gasteiger partial charge in [0.2, 0.25) is 0 Å². The number of carbonyl (C=O) groups is 1. The number of pyridine rings is 2. The molecule has 2 aromatic heterocycles. The molecule has 2 aliphatic rings. The molecule has 4 heterocycles. The number of hydrogen-bond donors (Lipinski definition) is 2. The zero-order valence-corrected chi connectivity index (χ0v) is 13.6. The van der Waals surface area contributed by atoms with E-state index >= 15 is 0 Å². The van der Waals surface area contributed by atoms with Crippen molar-refractivity contribution in [1.82, 2.24) is 20.2 Å². The van der Waals surface area contributed by atoms with Gasteiger partial charge in [-0.15, -0.1) is 0 Å². The van der Waals surface area contributed by atoms with Crippen LogP contribution in [0.4, 0.5) is 4.39 Å². The third kappa shape index (κ3) is 2.84. The number of hydrogen-bond acceptors (Lipinski definition) is 4. The minimum Gasteiger partial charge on any atom is -0.350 e. The van der Waals surface area contributed by atoms with Gasteiger partial charge in [0.05, 0.1) is 17.8 Å². The van der Waals surface area contributed by atoms with Crippen LogP contribution in [0.15, 0.2) is 41.5 Å². The topological polar surface area (TPSA) is 76.0 Å². The lowest BCUT2D eigenvalue weighted by Gasteiger charge is -2.43. The number of amides is 1. The van der Waals surface area contributed by atoms with Crippen molar-refractivity contribution in [1.29, 1.82) is 0 Å². The molecule has 25 heavy (non-hydrogen) atoms. The molecule has 130 valence electrons. The van der Waals surface area contributed by atoms with Crippen molar-refractivity contribution in [3.63, 3.8) is 0 Å². The fourth-order valence-electron chi connectivity index (χ4n) is 4.02. The standard InChI is InChI=1S/C18H19FN4O2/c19-14-9-20-5-4-13(14)18(25)22-10-16-12-6-11(7-21-8-12)15-2-1-3-17(24)23(15)16/h1-5,9,11-12,16,21H,6-8,10H2,(H,22,25)/t11-,12+,16+/m1/s1. The van der Waals surface area contributed by atoms with E-state index in [1.165, 1.54) is 12.3 Å². The third-order valence-corrected chi connectivity index (χ3v) is 5.19. The summed E-state index contributed by atoms with van der Waals surface area (Å²) in [5, 5.41) is 6.20. The summed E-state index contributed by atoms with van der Waals surface area (Å²) in [6.45, 7) is 1.96. The van der Waals surface area contributed by atoms with E-state index in [9.17, 15) is 14.0 Å². The Hall–Kier alpha value is -2.54. The molecular weight excluding hydrogens is 323 g/mol. The first kappa shape index (κ1) is 16.0. The molecule has 0 unspecified atom stereocenters. The Morgan fingerprint density at radius 2 is 2.24 bits per heavy atom. The minimum absolute atomic E-state index is 0.0360. The maximum Gasteiger partial charge on any atom is 0.254 e. The molecule has 2 N–H and O–H groups in total. The summed E-state index contributed by atoms with van der Waals surface area (Å²) in [6, 6.07) is 6.53. The molecule has 2 aliphatic heterocycles. The quantitative estimate of drug-likeness (QED) is 0.875. The number of piperidine rings is 1. The molecule has 4 rings (SSSR count). The molecule has 2 aromatic rings. The van der Waals surface area contributed by atoms with E-state index in [0.29, 0.717) is 5.92 Å². The van der Waals surface area contributed by atoms with Gasteiger partial charge in [0.1, 0.15) is 0 Å². The normalized spacial score (nSPS) is 24.4. The first-order valence-electron chi connectivity index (χ1n) is 8.45. The minimum atomic E-state index is -0.652. The Morgan fingerprint density at radius 1 is 1.36 bits per heavy atom. The van der Waals surface area contributed by atoms with Gasteiger partial charge in [0.15, 0.2) is 5.82 Å². The van der Waals surface area contributed by atoms with E-state index in [1.807, 2.05) is 10.6 Å². The van der Waals surface area contributed by atoms with E-state index in [4.69, 9.17) is 0 Å². The average Bonchev–Trinajstić information content (AvgIpc) is 2.62. The van der Waals surface area contributed by atoms with Crippen molar-refractivity contribution < 1.29 is 9.18 Å². The SMILES string of the molecule is O=C(NC[C@H]1[C@@H]2CNC[C@@H](C2)c2cccc(=O)n21)c1ccncc1F. The summed E-state index contributed by atoms with van der Waals surface area (Å²) in [6.07, 6.45) is 3.39. The van der Waals surface area contributed by atoms with E-state index in [0.717, 1.165) is 31.4 Å². The fourth-order valence-corrected chi connectivity index (χ4v) is 4.02. The van der Waals surface area contributed by atoms with Crippen molar-refractivity contribution in [2.75, 3.05) is 19.6 Å². The van der Waals surface area contributed by atoms with Gasteiger partial charge in [0.25, 0.3) is 11.5 Å². The number of carbonyl (C=O) groups excluding carboxylic acids is 1. The zero-order valence-electron chi connectivity index (χ0n) is 13.6. The number of rotatable bonds is 3. The Morgan fingerprint density at radius 3 is 3.08 bits per heavy atom. The highest BCUT2D eigenvalue weighted by Crippen LogP contribution is 2.38. The summed E-state index contributed by atoms with van der Waals surface area (Å²) < 4.78 is 15.5. The number of nitrogens with zero attached hydrogens (tertiary/aromatic N) is 2. The lowest BCUT2D eigenvalue weighted by atomic mass is 9.79. The lowest BCUT2D eigenvalue weighted by molar-refractivity contribution is 0.0928. The van der Waals surface area contributed by atoms with Crippen molar-refractivity contribution in [2.24, 2.45) is 5.92 Å². The van der Waals surface area contributed by atoms with Crippen molar-refractivity contribution in [3.8, 4) is 0 Å². The van der Waals surface area contributed by atoms with Crippen LogP contribution in [0.3, 0.4) is 0 Å². The van der Waals surface area contributed by atoms with Gasteiger partial charge in [-0.3, -0.25) is 14.6 Å². The summed E-state index contributed by atoms with van der Waals surface area (Å²) in [5.41, 5.74) is 0.916. The second-order valence-corrected chi connectivity index (χ2v) is 6.64. The van der Waals surface area contributed by atoms with Gasteiger partial charge >= 0.3 is 0 Å². The first-order chi connectivity index (χ1) is 12.1. The fraction of sp³-hybridized carbons (Fsp3) is 0.389. The van der Waals surface area contributed by atoms with E-state index < -0.39 is 11.7 Å². The van der Waals surface area contributed by atoms with Crippen LogP contribution in [0.1, 0.15) is 34.4 Å². The Balaban J connectivity index is 1.60. The number of fused-ring (bicyclic) bond motifs is 4. The lowest BCUT2D eigenvalue weighted by Crippen LogP contribution is -2.50. The molecule has 3 atom stereocenters. The Bertz CT molecular complexity index is 866. The molecule has 2 bridgehead atoms. The summed E-state index contributed by atoms with van der Waals surface area (Å²) in [7, 11) is 0. The zero-order chi connectivity index (χ0) is 17.4. The monoisotopic (exact) mass is 342 g/mol. The first-order valence-corrected chi connectivity index (χ1v) is 8.45. The number of aromatic nitrogens is 2. The predicted octanol–water partition coefficient (Wildman–Crippen LogP) is 1.06. The highest BCUT2D eigenvalue weighted by molar-refractivity contribution is 5.94. The smallest absolute Gasteiger partial charge is 0.254 e. The molecule has 0 aliphatic carbocycles. The van der Waals surface area contributed by atoms with Gasteiger partial charge in [-0.2, -0.15) is 0 Å². The molecule has 7 heteroatoms. The highest BCUT2D eigenvalue weighted by atomic mass is 19.1. The van der Waals surface area contributed by atoms with Gasteiger partial charge < -0.3 is 15.2 Å². The van der Waals surface area contributed by atoms with E-state index in [2.05, 4.69) is 15.6 Å². The maximum atomic E-state index is 13.7. The van der Waals surface area contributed by atoms with Crippen molar-refractivity contribution >= 4 is 5.91 Å². The van der Waals surface area contributed by atoms with Gasteiger partial charge in [-0.05, 0) is 24.5 Å². The largest absolute Gasteiger partial charge is 0.350 e.